The molecule has 0 radical (unpaired) electrons. The molecule has 0 bridgehead atoms. The van der Waals surface area contributed by atoms with Crippen molar-refractivity contribution in [2.45, 2.75) is 58.2 Å². The summed E-state index contributed by atoms with van der Waals surface area (Å²) in [5, 5.41) is 18.7. The Bertz CT molecular complexity index is 1200. The van der Waals surface area contributed by atoms with Crippen LogP contribution in [0.4, 0.5) is 11.4 Å². The maximum absolute atomic E-state index is 11.4. The molecule has 6 rings (SSSR count). The molecule has 0 atom stereocenters. The van der Waals surface area contributed by atoms with E-state index in [1.165, 1.54) is 30.4 Å². The lowest BCUT2D eigenvalue weighted by Gasteiger charge is -2.32. The number of hydrogen-bond acceptors (Lipinski definition) is 7. The number of rotatable bonds is 7. The van der Waals surface area contributed by atoms with Crippen molar-refractivity contribution in [2.75, 3.05) is 50.0 Å². The number of amides is 2. The molecule has 0 aromatic heterocycles. The van der Waals surface area contributed by atoms with E-state index in [1.807, 2.05) is 31.1 Å². The molecular formula is C31H44BClN4O5. The van der Waals surface area contributed by atoms with Crippen molar-refractivity contribution in [3.63, 3.8) is 0 Å². The van der Waals surface area contributed by atoms with Crippen LogP contribution in [0.1, 0.15) is 49.7 Å². The average Bonchev–Trinajstić information content (AvgIpc) is 2.99. The van der Waals surface area contributed by atoms with Gasteiger partial charge in [-0.1, -0.05) is 12.1 Å². The minimum absolute atomic E-state index is 0. The van der Waals surface area contributed by atoms with Crippen molar-refractivity contribution in [2.24, 2.45) is 11.8 Å². The number of hydrogen-bond donors (Lipinski definition) is 4. The van der Waals surface area contributed by atoms with Crippen LogP contribution >= 0.6 is 12.4 Å². The van der Waals surface area contributed by atoms with Crippen molar-refractivity contribution >= 4 is 42.6 Å². The Morgan fingerprint density at radius 3 is 1.76 bits per heavy atom. The SMILES string of the molecule is CB(O)N1CCC(CCc2ccc3c(c2)NC(=O)CO3)CC1.Cl.O=C1COc2ccc(CCC3CCNCC3)cc2N1. The van der Waals surface area contributed by atoms with E-state index in [9.17, 15) is 14.6 Å². The molecule has 0 unspecified atom stereocenters. The zero-order chi connectivity index (χ0) is 28.6. The van der Waals surface area contributed by atoms with Gasteiger partial charge in [0.05, 0.1) is 11.4 Å². The van der Waals surface area contributed by atoms with Crippen LogP contribution in [0, 0.1) is 11.8 Å². The number of carbonyl (C=O) groups is 2. The number of halogens is 1. The normalized spacial score (nSPS) is 18.9. The third kappa shape index (κ3) is 9.11. The first-order valence-corrected chi connectivity index (χ1v) is 15.2. The lowest BCUT2D eigenvalue weighted by Crippen LogP contribution is -2.42. The van der Waals surface area contributed by atoms with Crippen molar-refractivity contribution < 1.29 is 24.1 Å². The molecule has 2 aromatic rings. The predicted molar refractivity (Wildman–Crippen MR) is 169 cm³/mol. The maximum Gasteiger partial charge on any atom is 0.376 e. The van der Waals surface area contributed by atoms with Crippen molar-refractivity contribution in [3.05, 3.63) is 47.5 Å². The summed E-state index contributed by atoms with van der Waals surface area (Å²) in [6.45, 7) is 6.34. The summed E-state index contributed by atoms with van der Waals surface area (Å²) in [4.78, 5) is 24.8. The van der Waals surface area contributed by atoms with Gasteiger partial charge < -0.3 is 35.3 Å². The smallest absolute Gasteiger partial charge is 0.376 e. The monoisotopic (exact) mass is 598 g/mol. The van der Waals surface area contributed by atoms with Crippen molar-refractivity contribution in [1.82, 2.24) is 10.1 Å². The largest absolute Gasteiger partial charge is 0.482 e. The molecule has 2 amide bonds. The van der Waals surface area contributed by atoms with E-state index in [-0.39, 0.29) is 44.5 Å². The van der Waals surface area contributed by atoms with Crippen molar-refractivity contribution in [1.29, 1.82) is 0 Å². The van der Waals surface area contributed by atoms with Gasteiger partial charge >= 0.3 is 7.05 Å². The van der Waals surface area contributed by atoms with Gasteiger partial charge in [0.25, 0.3) is 11.8 Å². The first-order valence-electron chi connectivity index (χ1n) is 15.2. The number of nitrogens with one attached hydrogen (secondary N) is 3. The molecule has 4 aliphatic rings. The molecule has 0 saturated carbocycles. The highest BCUT2D eigenvalue weighted by Crippen LogP contribution is 2.31. The molecule has 2 aromatic carbocycles. The predicted octanol–water partition coefficient (Wildman–Crippen LogP) is 4.14. The molecular weight excluding hydrogens is 555 g/mol. The lowest BCUT2D eigenvalue weighted by molar-refractivity contribution is -0.119. The Balaban J connectivity index is 0.000000190. The quantitative estimate of drug-likeness (QED) is 0.355. The third-order valence-electron chi connectivity index (χ3n) is 8.67. The lowest BCUT2D eigenvalue weighted by atomic mass is 9.80. The van der Waals surface area contributed by atoms with E-state index in [1.54, 1.807) is 0 Å². The summed E-state index contributed by atoms with van der Waals surface area (Å²) in [6.07, 6.45) is 9.34. The molecule has 0 spiro atoms. The number of piperidine rings is 2. The number of benzene rings is 2. The molecule has 4 aliphatic heterocycles. The third-order valence-corrected chi connectivity index (χ3v) is 8.67. The fourth-order valence-corrected chi connectivity index (χ4v) is 6.10. The van der Waals surface area contributed by atoms with Crippen LogP contribution in [0.25, 0.3) is 0 Å². The molecule has 42 heavy (non-hydrogen) atoms. The van der Waals surface area contributed by atoms with E-state index in [0.29, 0.717) is 0 Å². The Labute approximate surface area is 255 Å². The highest BCUT2D eigenvalue weighted by atomic mass is 35.5. The average molecular weight is 599 g/mol. The van der Waals surface area contributed by atoms with E-state index < -0.39 is 0 Å². The second-order valence-electron chi connectivity index (χ2n) is 11.7. The zero-order valence-corrected chi connectivity index (χ0v) is 25.3. The summed E-state index contributed by atoms with van der Waals surface area (Å²) in [6, 6.07) is 12.2. The van der Waals surface area contributed by atoms with Gasteiger partial charge in [0.15, 0.2) is 13.2 Å². The number of nitrogens with zero attached hydrogens (tertiary/aromatic N) is 1. The maximum atomic E-state index is 11.4. The van der Waals surface area contributed by atoms with Gasteiger partial charge in [-0.05, 0) is 132 Å². The summed E-state index contributed by atoms with van der Waals surface area (Å²) in [5.41, 5.74) is 4.13. The molecule has 0 aliphatic carbocycles. The van der Waals surface area contributed by atoms with E-state index >= 15 is 0 Å². The first kappa shape index (κ1) is 32.1. The molecule has 9 nitrogen and oxygen atoms in total. The fraction of sp³-hybridized carbons (Fsp3) is 0.548. The molecule has 4 N–H and O–H groups in total. The van der Waals surface area contributed by atoms with Gasteiger partial charge in [0, 0.05) is 0 Å². The van der Waals surface area contributed by atoms with Gasteiger partial charge in [-0.15, -0.1) is 12.4 Å². The number of carbonyl (C=O) groups excluding carboxylic acids is 2. The second kappa shape index (κ2) is 15.6. The number of aryl methyl sites for hydroxylation is 2. The summed E-state index contributed by atoms with van der Waals surface area (Å²) in [7, 11) is -0.329. The molecule has 228 valence electrons. The van der Waals surface area contributed by atoms with E-state index in [2.05, 4.69) is 32.9 Å². The van der Waals surface area contributed by atoms with Gasteiger partial charge in [0.1, 0.15) is 11.5 Å². The topological polar surface area (TPSA) is 112 Å². The van der Waals surface area contributed by atoms with Gasteiger partial charge in [-0.3, -0.25) is 9.59 Å². The first-order chi connectivity index (χ1) is 19.9. The Morgan fingerprint density at radius 2 is 1.29 bits per heavy atom. The van der Waals surface area contributed by atoms with Crippen LogP contribution in [0.5, 0.6) is 11.5 Å². The molecule has 2 fully saturated rings. The summed E-state index contributed by atoms with van der Waals surface area (Å²) in [5.74, 6) is 2.94. The summed E-state index contributed by atoms with van der Waals surface area (Å²) >= 11 is 0. The Morgan fingerprint density at radius 1 is 0.810 bits per heavy atom. The highest BCUT2D eigenvalue weighted by Gasteiger charge is 2.24. The highest BCUT2D eigenvalue weighted by molar-refractivity contribution is 6.45. The Kier molecular flexibility index (Phi) is 11.9. The molecule has 11 heteroatoms. The number of fused-ring (bicyclic) bond motifs is 2. The standard InChI is InChI=1S/C16H23BN2O3.C15H20N2O2.ClH/c1-17(21)19-8-6-12(7-9-19)2-3-13-4-5-15-14(10-13)18-16(20)11-22-15;18-15-10-19-14-4-3-12(9-13(14)17-15)2-1-11-5-7-16-8-6-11;/h4-5,10,12,21H,2-3,6-9,11H2,1H3,(H,18,20);3-4,9,11,16H,1-2,5-8,10H2,(H,17,18);1H. The number of anilines is 2. The van der Waals surface area contributed by atoms with Crippen LogP contribution in [-0.2, 0) is 22.4 Å². The van der Waals surface area contributed by atoms with Crippen LogP contribution in [0.15, 0.2) is 36.4 Å². The summed E-state index contributed by atoms with van der Waals surface area (Å²) < 4.78 is 10.7. The van der Waals surface area contributed by atoms with Crippen LogP contribution in [0.3, 0.4) is 0 Å². The van der Waals surface area contributed by atoms with Crippen molar-refractivity contribution in [3.8, 4) is 11.5 Å². The second-order valence-corrected chi connectivity index (χ2v) is 11.7. The zero-order valence-electron chi connectivity index (χ0n) is 24.5. The van der Waals surface area contributed by atoms with Crippen LogP contribution < -0.4 is 25.4 Å². The Hall–Kier alpha value is -2.79. The number of ether oxygens (including phenoxy) is 2. The van der Waals surface area contributed by atoms with Gasteiger partial charge in [0.2, 0.25) is 0 Å². The molecule has 2 saturated heterocycles. The van der Waals surface area contributed by atoms with E-state index in [4.69, 9.17) is 9.47 Å². The molecule has 4 heterocycles. The van der Waals surface area contributed by atoms with Crippen LogP contribution in [-0.4, -0.2) is 68.1 Å². The minimum Gasteiger partial charge on any atom is -0.482 e. The van der Waals surface area contributed by atoms with E-state index in [0.717, 1.165) is 93.0 Å². The van der Waals surface area contributed by atoms with Gasteiger partial charge in [-0.2, -0.15) is 0 Å². The van der Waals surface area contributed by atoms with Gasteiger partial charge in [-0.25, -0.2) is 0 Å². The van der Waals surface area contributed by atoms with Crippen LogP contribution in [0.2, 0.25) is 6.82 Å². The minimum atomic E-state index is -0.329. The fourth-order valence-electron chi connectivity index (χ4n) is 6.10.